The van der Waals surface area contributed by atoms with Crippen molar-refractivity contribution in [1.29, 1.82) is 0 Å². The Morgan fingerprint density at radius 1 is 1.30 bits per heavy atom. The molecule has 1 heterocycles. The minimum atomic E-state index is -0.0658. The van der Waals surface area contributed by atoms with Gasteiger partial charge in [0.25, 0.3) is 5.91 Å². The Kier molecular flexibility index (Phi) is 5.93. The van der Waals surface area contributed by atoms with Gasteiger partial charge in [-0.05, 0) is 31.0 Å². The van der Waals surface area contributed by atoms with Crippen LogP contribution in [0.5, 0.6) is 0 Å². The number of aryl methyl sites for hydroxylation is 1. The van der Waals surface area contributed by atoms with E-state index in [0.29, 0.717) is 16.5 Å². The molecule has 2 rings (SSSR count). The summed E-state index contributed by atoms with van der Waals surface area (Å²) in [6.45, 7) is 4.80. The molecule has 0 saturated heterocycles. The van der Waals surface area contributed by atoms with Crippen molar-refractivity contribution >= 4 is 29.1 Å². The van der Waals surface area contributed by atoms with Crippen molar-refractivity contribution in [2.75, 3.05) is 18.9 Å². The molecule has 1 N–H and O–H groups in total. The van der Waals surface area contributed by atoms with Crippen LogP contribution in [0.2, 0.25) is 5.02 Å². The first-order valence-electron chi connectivity index (χ1n) is 7.62. The molecule has 1 amide bonds. The lowest BCUT2D eigenvalue weighted by Crippen LogP contribution is -2.27. The number of rotatable bonds is 6. The lowest BCUT2D eigenvalue weighted by molar-refractivity contribution is 0.0792. The number of amides is 1. The van der Waals surface area contributed by atoms with Gasteiger partial charge in [0.1, 0.15) is 0 Å². The van der Waals surface area contributed by atoms with Gasteiger partial charge in [-0.3, -0.25) is 4.79 Å². The number of anilines is 2. The zero-order chi connectivity index (χ0) is 16.8. The second-order valence-electron chi connectivity index (χ2n) is 5.46. The van der Waals surface area contributed by atoms with Crippen LogP contribution in [0.1, 0.15) is 35.7 Å². The lowest BCUT2D eigenvalue weighted by atomic mass is 10.2. The minimum absolute atomic E-state index is 0.0658. The quantitative estimate of drug-likeness (QED) is 0.866. The second kappa shape index (κ2) is 7.92. The normalized spacial score (nSPS) is 10.4. The SMILES string of the molecule is CCCCN(C)C(=O)c1cnc(Nc2cc(Cl)ccc2C)nc1. The van der Waals surface area contributed by atoms with E-state index in [1.165, 1.54) is 0 Å². The maximum absolute atomic E-state index is 12.2. The van der Waals surface area contributed by atoms with Gasteiger partial charge in [-0.1, -0.05) is 31.0 Å². The van der Waals surface area contributed by atoms with Crippen LogP contribution in [0.25, 0.3) is 0 Å². The monoisotopic (exact) mass is 332 g/mol. The van der Waals surface area contributed by atoms with E-state index in [1.54, 1.807) is 24.3 Å². The molecule has 6 heteroatoms. The standard InChI is InChI=1S/C17H21ClN4O/c1-4-5-8-22(3)16(23)13-10-19-17(20-11-13)21-15-9-14(18)7-6-12(15)2/h6-7,9-11H,4-5,8H2,1-3H3,(H,19,20,21). The van der Waals surface area contributed by atoms with Gasteiger partial charge in [0.05, 0.1) is 5.56 Å². The molecule has 0 bridgehead atoms. The maximum Gasteiger partial charge on any atom is 0.256 e. The fourth-order valence-corrected chi connectivity index (χ4v) is 2.24. The van der Waals surface area contributed by atoms with Gasteiger partial charge in [0, 0.05) is 36.7 Å². The highest BCUT2D eigenvalue weighted by Crippen LogP contribution is 2.22. The number of nitrogens with zero attached hydrogens (tertiary/aromatic N) is 3. The molecule has 5 nitrogen and oxygen atoms in total. The van der Waals surface area contributed by atoms with Crippen LogP contribution in [-0.2, 0) is 0 Å². The lowest BCUT2D eigenvalue weighted by Gasteiger charge is -2.16. The number of unbranched alkanes of at least 4 members (excludes halogenated alkanes) is 1. The average Bonchev–Trinajstić information content (AvgIpc) is 2.56. The van der Waals surface area contributed by atoms with Crippen LogP contribution in [0.3, 0.4) is 0 Å². The van der Waals surface area contributed by atoms with Crippen LogP contribution in [0, 0.1) is 6.92 Å². The summed E-state index contributed by atoms with van der Waals surface area (Å²) in [7, 11) is 1.79. The second-order valence-corrected chi connectivity index (χ2v) is 5.90. The van der Waals surface area contributed by atoms with Gasteiger partial charge < -0.3 is 10.2 Å². The molecule has 1 aromatic heterocycles. The van der Waals surface area contributed by atoms with Gasteiger partial charge in [-0.25, -0.2) is 9.97 Å². The summed E-state index contributed by atoms with van der Waals surface area (Å²) in [6.07, 6.45) is 5.12. The zero-order valence-corrected chi connectivity index (χ0v) is 14.4. The van der Waals surface area contributed by atoms with Crippen molar-refractivity contribution in [3.8, 4) is 0 Å². The van der Waals surface area contributed by atoms with Gasteiger partial charge >= 0.3 is 0 Å². The topological polar surface area (TPSA) is 58.1 Å². The van der Waals surface area contributed by atoms with E-state index in [-0.39, 0.29) is 5.91 Å². The van der Waals surface area contributed by atoms with Crippen molar-refractivity contribution in [3.63, 3.8) is 0 Å². The molecule has 1 aromatic carbocycles. The highest BCUT2D eigenvalue weighted by Gasteiger charge is 2.12. The number of hydrogen-bond acceptors (Lipinski definition) is 4. The Balaban J connectivity index is 2.07. The number of benzene rings is 1. The highest BCUT2D eigenvalue weighted by molar-refractivity contribution is 6.30. The number of nitrogens with one attached hydrogen (secondary N) is 1. The predicted molar refractivity (Wildman–Crippen MR) is 93.4 cm³/mol. The summed E-state index contributed by atoms with van der Waals surface area (Å²) in [5.74, 6) is 0.368. The van der Waals surface area contributed by atoms with Gasteiger partial charge in [-0.2, -0.15) is 0 Å². The third kappa shape index (κ3) is 4.66. The molecule has 0 fully saturated rings. The summed E-state index contributed by atoms with van der Waals surface area (Å²) in [5, 5.41) is 3.75. The molecule has 0 aliphatic heterocycles. The fourth-order valence-electron chi connectivity index (χ4n) is 2.07. The molecule has 23 heavy (non-hydrogen) atoms. The highest BCUT2D eigenvalue weighted by atomic mass is 35.5. The van der Waals surface area contributed by atoms with Crippen molar-refractivity contribution in [3.05, 3.63) is 46.7 Å². The van der Waals surface area contributed by atoms with Gasteiger partial charge in [0.15, 0.2) is 0 Å². The Bertz CT molecular complexity index is 673. The first-order valence-corrected chi connectivity index (χ1v) is 7.99. The summed E-state index contributed by atoms with van der Waals surface area (Å²) in [6, 6.07) is 5.57. The summed E-state index contributed by atoms with van der Waals surface area (Å²) in [5.41, 5.74) is 2.37. The maximum atomic E-state index is 12.2. The first kappa shape index (κ1) is 17.2. The molecular weight excluding hydrogens is 312 g/mol. The minimum Gasteiger partial charge on any atom is -0.342 e. The first-order chi connectivity index (χ1) is 11.0. The smallest absolute Gasteiger partial charge is 0.256 e. The number of carbonyl (C=O) groups excluding carboxylic acids is 1. The largest absolute Gasteiger partial charge is 0.342 e. The Morgan fingerprint density at radius 2 is 2.00 bits per heavy atom. The van der Waals surface area contributed by atoms with Gasteiger partial charge in [0.2, 0.25) is 5.95 Å². The number of hydrogen-bond donors (Lipinski definition) is 1. The van der Waals surface area contributed by atoms with Crippen LogP contribution in [-0.4, -0.2) is 34.4 Å². The predicted octanol–water partition coefficient (Wildman–Crippen LogP) is 4.05. The molecule has 0 aliphatic rings. The molecular formula is C17H21ClN4O. The van der Waals surface area contributed by atoms with E-state index in [9.17, 15) is 4.79 Å². The van der Waals surface area contributed by atoms with Crippen molar-refractivity contribution in [1.82, 2.24) is 14.9 Å². The fraction of sp³-hybridized carbons (Fsp3) is 0.353. The molecule has 0 unspecified atom stereocenters. The summed E-state index contributed by atoms with van der Waals surface area (Å²) in [4.78, 5) is 22.3. The van der Waals surface area contributed by atoms with Crippen molar-refractivity contribution < 1.29 is 4.79 Å². The van der Waals surface area contributed by atoms with Crippen LogP contribution in [0.4, 0.5) is 11.6 Å². The molecule has 0 spiro atoms. The van der Waals surface area contributed by atoms with E-state index in [0.717, 1.165) is 30.6 Å². The van der Waals surface area contributed by atoms with Crippen LogP contribution < -0.4 is 5.32 Å². The Hall–Kier alpha value is -2.14. The third-order valence-electron chi connectivity index (χ3n) is 3.54. The molecule has 0 radical (unpaired) electrons. The van der Waals surface area contributed by atoms with Crippen molar-refractivity contribution in [2.24, 2.45) is 0 Å². The molecule has 0 atom stereocenters. The van der Waals surface area contributed by atoms with E-state index < -0.39 is 0 Å². The number of aromatic nitrogens is 2. The average molecular weight is 333 g/mol. The number of halogens is 1. The Morgan fingerprint density at radius 3 is 2.65 bits per heavy atom. The van der Waals surface area contributed by atoms with E-state index >= 15 is 0 Å². The van der Waals surface area contributed by atoms with E-state index in [2.05, 4.69) is 22.2 Å². The van der Waals surface area contributed by atoms with Crippen LogP contribution in [0.15, 0.2) is 30.6 Å². The number of carbonyl (C=O) groups is 1. The summed E-state index contributed by atoms with van der Waals surface area (Å²) < 4.78 is 0. The molecule has 0 saturated carbocycles. The van der Waals surface area contributed by atoms with E-state index in [1.807, 2.05) is 25.1 Å². The van der Waals surface area contributed by atoms with Crippen LogP contribution >= 0.6 is 11.6 Å². The van der Waals surface area contributed by atoms with Crippen molar-refractivity contribution in [2.45, 2.75) is 26.7 Å². The van der Waals surface area contributed by atoms with Gasteiger partial charge in [-0.15, -0.1) is 0 Å². The zero-order valence-electron chi connectivity index (χ0n) is 13.6. The van der Waals surface area contributed by atoms with E-state index in [4.69, 9.17) is 11.6 Å². The molecule has 0 aliphatic carbocycles. The third-order valence-corrected chi connectivity index (χ3v) is 3.77. The summed E-state index contributed by atoms with van der Waals surface area (Å²) >= 11 is 6.00. The molecule has 2 aromatic rings. The Labute approximate surface area is 141 Å². The molecule has 122 valence electrons.